The molecule has 78 valence electrons. The Morgan fingerprint density at radius 1 is 1.71 bits per heavy atom. The van der Waals surface area contributed by atoms with E-state index in [1.807, 2.05) is 4.57 Å². The molecule has 2 N–H and O–H groups in total. The van der Waals surface area contributed by atoms with Crippen LogP contribution in [-0.4, -0.2) is 26.4 Å². The second-order valence-electron chi connectivity index (χ2n) is 3.18. The quantitative estimate of drug-likeness (QED) is 0.737. The SMILES string of the molecule is CC(C)n1cnnc1SCCC(N)=O. The molecule has 0 saturated heterocycles. The van der Waals surface area contributed by atoms with Gasteiger partial charge in [-0.1, -0.05) is 11.8 Å². The monoisotopic (exact) mass is 214 g/mol. The molecule has 1 amide bonds. The van der Waals surface area contributed by atoms with Crippen LogP contribution in [0, 0.1) is 0 Å². The van der Waals surface area contributed by atoms with E-state index in [4.69, 9.17) is 5.73 Å². The summed E-state index contributed by atoms with van der Waals surface area (Å²) in [5.74, 6) is 0.369. The summed E-state index contributed by atoms with van der Waals surface area (Å²) < 4.78 is 1.96. The summed E-state index contributed by atoms with van der Waals surface area (Å²) in [4.78, 5) is 10.5. The number of carbonyl (C=O) groups excluding carboxylic acids is 1. The maximum Gasteiger partial charge on any atom is 0.218 e. The molecule has 1 aromatic rings. The number of hydrogen-bond acceptors (Lipinski definition) is 4. The van der Waals surface area contributed by atoms with Gasteiger partial charge in [-0.3, -0.25) is 4.79 Å². The highest BCUT2D eigenvalue weighted by molar-refractivity contribution is 7.99. The summed E-state index contributed by atoms with van der Waals surface area (Å²) in [6.45, 7) is 4.11. The lowest BCUT2D eigenvalue weighted by Gasteiger charge is -2.08. The van der Waals surface area contributed by atoms with Crippen molar-refractivity contribution in [1.29, 1.82) is 0 Å². The van der Waals surface area contributed by atoms with Crippen LogP contribution in [0.3, 0.4) is 0 Å². The molecule has 0 saturated carbocycles. The van der Waals surface area contributed by atoms with Crippen LogP contribution in [0.4, 0.5) is 0 Å². The lowest BCUT2D eigenvalue weighted by molar-refractivity contribution is -0.117. The number of aromatic nitrogens is 3. The van der Waals surface area contributed by atoms with E-state index in [9.17, 15) is 4.79 Å². The van der Waals surface area contributed by atoms with E-state index < -0.39 is 0 Å². The first-order valence-corrected chi connectivity index (χ1v) is 5.40. The van der Waals surface area contributed by atoms with Crippen LogP contribution >= 0.6 is 11.8 Å². The average Bonchev–Trinajstić information content (AvgIpc) is 2.51. The third-order valence-corrected chi connectivity index (χ3v) is 2.64. The molecule has 0 radical (unpaired) electrons. The van der Waals surface area contributed by atoms with Gasteiger partial charge < -0.3 is 10.3 Å². The van der Waals surface area contributed by atoms with Crippen LogP contribution in [0.25, 0.3) is 0 Å². The standard InChI is InChI=1S/C8H14N4OS/c1-6(2)12-5-10-11-8(12)14-4-3-7(9)13/h5-6H,3-4H2,1-2H3,(H2,9,13). The Morgan fingerprint density at radius 2 is 2.43 bits per heavy atom. The van der Waals surface area contributed by atoms with Gasteiger partial charge in [-0.2, -0.15) is 0 Å². The number of amides is 1. The molecule has 1 heterocycles. The summed E-state index contributed by atoms with van der Waals surface area (Å²) in [5.41, 5.74) is 5.03. The van der Waals surface area contributed by atoms with Crippen molar-refractivity contribution in [1.82, 2.24) is 14.8 Å². The smallest absolute Gasteiger partial charge is 0.218 e. The van der Waals surface area contributed by atoms with Gasteiger partial charge in [-0.15, -0.1) is 10.2 Å². The maximum absolute atomic E-state index is 10.5. The van der Waals surface area contributed by atoms with Crippen LogP contribution in [0.2, 0.25) is 0 Å². The van der Waals surface area contributed by atoms with Crippen molar-refractivity contribution in [3.8, 4) is 0 Å². The van der Waals surface area contributed by atoms with Crippen LogP contribution in [0.5, 0.6) is 0 Å². The van der Waals surface area contributed by atoms with Crippen molar-refractivity contribution in [2.75, 3.05) is 5.75 Å². The minimum Gasteiger partial charge on any atom is -0.370 e. The first-order chi connectivity index (χ1) is 6.61. The number of nitrogens with zero attached hydrogens (tertiary/aromatic N) is 3. The third kappa shape index (κ3) is 3.02. The van der Waals surface area contributed by atoms with Crippen molar-refractivity contribution >= 4 is 17.7 Å². The Labute approximate surface area is 87.1 Å². The van der Waals surface area contributed by atoms with Crippen LogP contribution < -0.4 is 5.73 Å². The van der Waals surface area contributed by atoms with Gasteiger partial charge in [0.2, 0.25) is 5.91 Å². The van der Waals surface area contributed by atoms with E-state index in [0.29, 0.717) is 18.2 Å². The highest BCUT2D eigenvalue weighted by Crippen LogP contribution is 2.18. The fraction of sp³-hybridized carbons (Fsp3) is 0.625. The lowest BCUT2D eigenvalue weighted by atomic mass is 10.4. The van der Waals surface area contributed by atoms with Crippen LogP contribution in [-0.2, 0) is 4.79 Å². The van der Waals surface area contributed by atoms with E-state index >= 15 is 0 Å². The molecule has 14 heavy (non-hydrogen) atoms. The minimum absolute atomic E-state index is 0.284. The Balaban J connectivity index is 2.50. The fourth-order valence-corrected chi connectivity index (χ4v) is 1.93. The Hall–Kier alpha value is -1.04. The number of hydrogen-bond donors (Lipinski definition) is 1. The van der Waals surface area contributed by atoms with Gasteiger partial charge in [0, 0.05) is 18.2 Å². The molecule has 0 atom stereocenters. The van der Waals surface area contributed by atoms with Crippen molar-refractivity contribution in [2.24, 2.45) is 5.73 Å². The third-order valence-electron chi connectivity index (χ3n) is 1.68. The maximum atomic E-state index is 10.5. The van der Waals surface area contributed by atoms with Crippen molar-refractivity contribution < 1.29 is 4.79 Å². The van der Waals surface area contributed by atoms with Gasteiger partial charge >= 0.3 is 0 Å². The average molecular weight is 214 g/mol. The fourth-order valence-electron chi connectivity index (χ4n) is 0.932. The van der Waals surface area contributed by atoms with Crippen molar-refractivity contribution in [3.63, 3.8) is 0 Å². The molecule has 0 aliphatic rings. The Morgan fingerprint density at radius 3 is 3.00 bits per heavy atom. The highest BCUT2D eigenvalue weighted by atomic mass is 32.2. The van der Waals surface area contributed by atoms with Gasteiger partial charge in [0.05, 0.1) is 0 Å². The Kier molecular flexibility index (Phi) is 3.94. The molecule has 6 heteroatoms. The zero-order valence-electron chi connectivity index (χ0n) is 8.30. The molecule has 0 aromatic carbocycles. The molecule has 0 unspecified atom stereocenters. The first-order valence-electron chi connectivity index (χ1n) is 4.42. The van der Waals surface area contributed by atoms with Gasteiger partial charge in [0.15, 0.2) is 5.16 Å². The Bertz CT molecular complexity index is 310. The normalized spacial score (nSPS) is 10.8. The molecule has 0 bridgehead atoms. The molecule has 1 aromatic heterocycles. The summed E-state index contributed by atoms with van der Waals surface area (Å²) >= 11 is 1.50. The first kappa shape index (κ1) is 11.0. The van der Waals surface area contributed by atoms with Gasteiger partial charge in [-0.25, -0.2) is 0 Å². The molecule has 0 aliphatic heterocycles. The zero-order chi connectivity index (χ0) is 10.6. The molecule has 0 aliphatic carbocycles. The number of thioether (sulfide) groups is 1. The van der Waals surface area contributed by atoms with E-state index in [-0.39, 0.29) is 5.91 Å². The zero-order valence-corrected chi connectivity index (χ0v) is 9.12. The summed E-state index contributed by atoms with van der Waals surface area (Å²) in [6.07, 6.45) is 2.06. The summed E-state index contributed by atoms with van der Waals surface area (Å²) in [5, 5.41) is 8.61. The predicted molar refractivity (Wildman–Crippen MR) is 54.9 cm³/mol. The molecular weight excluding hydrogens is 200 g/mol. The van der Waals surface area contributed by atoms with Gasteiger partial charge in [0.1, 0.15) is 6.33 Å². The van der Waals surface area contributed by atoms with E-state index in [0.717, 1.165) is 5.16 Å². The second-order valence-corrected chi connectivity index (χ2v) is 4.24. The number of carbonyl (C=O) groups is 1. The molecule has 1 rings (SSSR count). The van der Waals surface area contributed by atoms with Crippen molar-refractivity contribution in [2.45, 2.75) is 31.5 Å². The van der Waals surface area contributed by atoms with Gasteiger partial charge in [0.25, 0.3) is 0 Å². The molecule has 0 spiro atoms. The predicted octanol–water partition coefficient (Wildman–Crippen LogP) is 0.827. The molecule has 5 nitrogen and oxygen atoms in total. The van der Waals surface area contributed by atoms with Crippen molar-refractivity contribution in [3.05, 3.63) is 6.33 Å². The summed E-state index contributed by atoms with van der Waals surface area (Å²) in [6, 6.07) is 0.334. The van der Waals surface area contributed by atoms with Crippen LogP contribution in [0.15, 0.2) is 11.5 Å². The lowest BCUT2D eigenvalue weighted by Crippen LogP contribution is -2.11. The molecular formula is C8H14N4OS. The van der Waals surface area contributed by atoms with E-state index in [1.165, 1.54) is 11.8 Å². The molecule has 0 fully saturated rings. The van der Waals surface area contributed by atoms with Crippen LogP contribution in [0.1, 0.15) is 26.3 Å². The van der Waals surface area contributed by atoms with E-state index in [1.54, 1.807) is 6.33 Å². The van der Waals surface area contributed by atoms with Gasteiger partial charge in [-0.05, 0) is 13.8 Å². The second kappa shape index (κ2) is 4.99. The summed E-state index contributed by atoms with van der Waals surface area (Å²) in [7, 11) is 0. The number of primary amides is 1. The van der Waals surface area contributed by atoms with E-state index in [2.05, 4.69) is 24.0 Å². The number of rotatable bonds is 5. The highest BCUT2D eigenvalue weighted by Gasteiger charge is 2.07. The minimum atomic E-state index is -0.284. The largest absolute Gasteiger partial charge is 0.370 e. The number of nitrogens with two attached hydrogens (primary N) is 1. The topological polar surface area (TPSA) is 73.8 Å².